The van der Waals surface area contributed by atoms with E-state index in [1.165, 1.54) is 13.4 Å². The van der Waals surface area contributed by atoms with Crippen LogP contribution in [0, 0.1) is 17.8 Å². The summed E-state index contributed by atoms with van der Waals surface area (Å²) >= 11 is 0. The summed E-state index contributed by atoms with van der Waals surface area (Å²) in [4.78, 5) is 39.1. The molecule has 13 heteroatoms. The summed E-state index contributed by atoms with van der Waals surface area (Å²) in [7, 11) is 1.39. The first-order valence-corrected chi connectivity index (χ1v) is 12.1. The lowest BCUT2D eigenvalue weighted by atomic mass is 9.94. The number of piperidine rings is 1. The van der Waals surface area contributed by atoms with Crippen LogP contribution in [0.2, 0.25) is 0 Å². The van der Waals surface area contributed by atoms with Crippen molar-refractivity contribution in [2.75, 3.05) is 25.9 Å². The van der Waals surface area contributed by atoms with Gasteiger partial charge in [-0.15, -0.1) is 0 Å². The third kappa shape index (κ3) is 4.79. The Morgan fingerprint density at radius 2 is 1.94 bits per heavy atom. The Morgan fingerprint density at radius 1 is 1.19 bits per heavy atom. The van der Waals surface area contributed by atoms with Crippen LogP contribution in [0.25, 0.3) is 11.2 Å². The van der Waals surface area contributed by atoms with E-state index in [0.717, 1.165) is 25.7 Å². The van der Waals surface area contributed by atoms with Crippen molar-refractivity contribution in [1.82, 2.24) is 29.7 Å². The Labute approximate surface area is 208 Å². The Kier molecular flexibility index (Phi) is 6.65. The minimum atomic E-state index is -0.868. The molecule has 2 aliphatic heterocycles. The smallest absolute Gasteiger partial charge is 0.409 e. The van der Waals surface area contributed by atoms with E-state index in [0.29, 0.717) is 36.6 Å². The van der Waals surface area contributed by atoms with E-state index in [2.05, 4.69) is 32.1 Å². The number of carbonyl (C=O) groups is 2. The Balaban J connectivity index is 1.29. The van der Waals surface area contributed by atoms with Gasteiger partial charge in [0, 0.05) is 25.6 Å². The number of ether oxygens (including phenoxy) is 2. The number of fused-ring (bicyclic) bond motifs is 1. The SMILES string of the molecule is COC(=O)N1CCC(CC#Cc2nc(N)c3ncn([C@@H]4O[C@H](C(=O)NC5CC5)C(N)C4N)c3n2)CC1. The number of methoxy groups -OCH3 is 1. The van der Waals surface area contributed by atoms with Gasteiger partial charge in [0.15, 0.2) is 23.8 Å². The second-order valence-corrected chi connectivity index (χ2v) is 9.55. The molecule has 4 heterocycles. The number of nitrogen functional groups attached to an aromatic ring is 1. The molecule has 36 heavy (non-hydrogen) atoms. The molecule has 2 amide bonds. The normalized spacial score (nSPS) is 26.5. The molecule has 192 valence electrons. The second-order valence-electron chi connectivity index (χ2n) is 9.55. The van der Waals surface area contributed by atoms with E-state index in [1.807, 2.05) is 0 Å². The molecule has 13 nitrogen and oxygen atoms in total. The number of carbonyl (C=O) groups excluding carboxylic acids is 2. The van der Waals surface area contributed by atoms with Crippen molar-refractivity contribution in [3.05, 3.63) is 12.2 Å². The summed E-state index contributed by atoms with van der Waals surface area (Å²) in [5, 5.41) is 2.92. The zero-order valence-corrected chi connectivity index (χ0v) is 20.1. The standard InChI is InChI=1S/C23H31N9O4/c1-35-23(34)31-9-7-12(8-10-31)3-2-4-14-29-19(26)17-20(30-14)32(11-27-17)22-16(25)15(24)18(36-22)21(33)28-13-5-6-13/h11-13,15-16,18,22H,3,5-10,24-25H2,1H3,(H,28,33)(H2,26,29,30)/t15?,16?,18-,22+/m0/s1. The molecular formula is C23H31N9O4. The molecule has 5 rings (SSSR count). The fourth-order valence-electron chi connectivity index (χ4n) is 4.63. The number of amides is 2. The van der Waals surface area contributed by atoms with Crippen molar-refractivity contribution in [2.24, 2.45) is 17.4 Å². The molecule has 1 saturated carbocycles. The first kappa shape index (κ1) is 24.2. The quantitative estimate of drug-likeness (QED) is 0.399. The van der Waals surface area contributed by atoms with Crippen molar-refractivity contribution in [1.29, 1.82) is 0 Å². The van der Waals surface area contributed by atoms with E-state index < -0.39 is 24.4 Å². The maximum absolute atomic E-state index is 12.6. The number of nitrogens with two attached hydrogens (primary N) is 3. The van der Waals surface area contributed by atoms with E-state index in [1.54, 1.807) is 9.47 Å². The average Bonchev–Trinajstić information content (AvgIpc) is 3.51. The number of nitrogens with zero attached hydrogens (tertiary/aromatic N) is 5. The number of anilines is 1. The largest absolute Gasteiger partial charge is 0.453 e. The molecule has 0 bridgehead atoms. The van der Waals surface area contributed by atoms with Crippen LogP contribution >= 0.6 is 0 Å². The van der Waals surface area contributed by atoms with Gasteiger partial charge >= 0.3 is 6.09 Å². The topological polar surface area (TPSA) is 190 Å². The van der Waals surface area contributed by atoms with Crippen LogP contribution in [0.4, 0.5) is 10.6 Å². The Morgan fingerprint density at radius 3 is 2.64 bits per heavy atom. The van der Waals surface area contributed by atoms with Crippen LogP contribution < -0.4 is 22.5 Å². The summed E-state index contributed by atoms with van der Waals surface area (Å²) in [5.41, 5.74) is 19.5. The number of likely N-dealkylation sites (tertiary alicyclic amines) is 1. The number of imidazole rings is 1. The van der Waals surface area contributed by atoms with E-state index in [9.17, 15) is 9.59 Å². The number of hydrogen-bond acceptors (Lipinski definition) is 10. The maximum atomic E-state index is 12.6. The zero-order chi connectivity index (χ0) is 25.4. The summed E-state index contributed by atoms with van der Waals surface area (Å²) < 4.78 is 12.4. The predicted octanol–water partition coefficient (Wildman–Crippen LogP) is -0.541. The van der Waals surface area contributed by atoms with Crippen LogP contribution in [0.1, 0.15) is 44.2 Å². The number of nitrogens with one attached hydrogen (secondary N) is 1. The first-order valence-electron chi connectivity index (χ1n) is 12.1. The molecule has 7 N–H and O–H groups in total. The third-order valence-corrected chi connectivity index (χ3v) is 6.95. The van der Waals surface area contributed by atoms with Crippen LogP contribution in [-0.2, 0) is 14.3 Å². The van der Waals surface area contributed by atoms with E-state index >= 15 is 0 Å². The average molecular weight is 498 g/mol. The molecular weight excluding hydrogens is 466 g/mol. The zero-order valence-electron chi connectivity index (χ0n) is 20.1. The molecule has 2 unspecified atom stereocenters. The van der Waals surface area contributed by atoms with Gasteiger partial charge in [-0.25, -0.2) is 19.7 Å². The highest BCUT2D eigenvalue weighted by molar-refractivity contribution is 5.83. The molecule has 1 aliphatic carbocycles. The number of hydrogen-bond donors (Lipinski definition) is 4. The van der Waals surface area contributed by atoms with Gasteiger partial charge in [-0.3, -0.25) is 9.36 Å². The molecule has 2 aromatic heterocycles. The summed E-state index contributed by atoms with van der Waals surface area (Å²) in [6, 6.07) is -1.15. The van der Waals surface area contributed by atoms with Gasteiger partial charge in [-0.1, -0.05) is 5.92 Å². The van der Waals surface area contributed by atoms with Gasteiger partial charge in [-0.05, 0) is 37.5 Å². The third-order valence-electron chi connectivity index (χ3n) is 6.95. The van der Waals surface area contributed by atoms with Crippen LogP contribution in [0.5, 0.6) is 0 Å². The van der Waals surface area contributed by atoms with E-state index in [4.69, 9.17) is 26.7 Å². The van der Waals surface area contributed by atoms with Gasteiger partial charge in [0.05, 0.1) is 25.5 Å². The lowest BCUT2D eigenvalue weighted by Crippen LogP contribution is -2.50. The summed E-state index contributed by atoms with van der Waals surface area (Å²) in [6.07, 6.45) is 3.89. The monoisotopic (exact) mass is 497 g/mol. The lowest BCUT2D eigenvalue weighted by molar-refractivity contribution is -0.134. The lowest BCUT2D eigenvalue weighted by Gasteiger charge is -2.29. The number of aromatic nitrogens is 4. The highest BCUT2D eigenvalue weighted by Gasteiger charge is 2.46. The molecule has 2 saturated heterocycles. The summed E-state index contributed by atoms with van der Waals surface area (Å²) in [6.45, 7) is 1.30. The molecule has 3 fully saturated rings. The van der Waals surface area contributed by atoms with Gasteiger partial charge < -0.3 is 36.9 Å². The minimum Gasteiger partial charge on any atom is -0.453 e. The van der Waals surface area contributed by atoms with Crippen LogP contribution in [0.3, 0.4) is 0 Å². The van der Waals surface area contributed by atoms with Crippen molar-refractivity contribution in [3.8, 4) is 11.8 Å². The highest BCUT2D eigenvalue weighted by atomic mass is 16.5. The van der Waals surface area contributed by atoms with Crippen molar-refractivity contribution < 1.29 is 19.1 Å². The molecule has 0 spiro atoms. The van der Waals surface area contributed by atoms with Gasteiger partial charge in [0.2, 0.25) is 5.82 Å². The first-order chi connectivity index (χ1) is 17.4. The fourth-order valence-corrected chi connectivity index (χ4v) is 4.63. The molecule has 2 aromatic rings. The summed E-state index contributed by atoms with van der Waals surface area (Å²) in [5.74, 6) is 6.69. The molecule has 0 radical (unpaired) electrons. The molecule has 4 atom stereocenters. The highest BCUT2D eigenvalue weighted by Crippen LogP contribution is 2.31. The van der Waals surface area contributed by atoms with Crippen LogP contribution in [0.15, 0.2) is 6.33 Å². The maximum Gasteiger partial charge on any atom is 0.409 e. The molecule has 3 aliphatic rings. The van der Waals surface area contributed by atoms with Crippen LogP contribution in [-0.4, -0.2) is 80.8 Å². The van der Waals surface area contributed by atoms with Crippen molar-refractivity contribution in [2.45, 2.75) is 62.6 Å². The van der Waals surface area contributed by atoms with Gasteiger partial charge in [0.1, 0.15) is 5.52 Å². The van der Waals surface area contributed by atoms with Gasteiger partial charge in [-0.2, -0.15) is 0 Å². The second kappa shape index (κ2) is 9.88. The van der Waals surface area contributed by atoms with Crippen molar-refractivity contribution >= 4 is 29.0 Å². The predicted molar refractivity (Wildman–Crippen MR) is 129 cm³/mol. The minimum absolute atomic E-state index is 0.187. The van der Waals surface area contributed by atoms with E-state index in [-0.39, 0.29) is 29.7 Å². The Hall–Kier alpha value is -3.47. The van der Waals surface area contributed by atoms with Crippen molar-refractivity contribution in [3.63, 3.8) is 0 Å². The molecule has 0 aromatic carbocycles. The van der Waals surface area contributed by atoms with Gasteiger partial charge in [0.25, 0.3) is 5.91 Å². The fraction of sp³-hybridized carbons (Fsp3) is 0.609. The number of rotatable bonds is 4. The Bertz CT molecular complexity index is 1210.